The van der Waals surface area contributed by atoms with Gasteiger partial charge in [-0.05, 0) is 43.4 Å². The first-order valence-electron chi connectivity index (χ1n) is 9.00. The van der Waals surface area contributed by atoms with Crippen LogP contribution in [0.3, 0.4) is 0 Å². The quantitative estimate of drug-likeness (QED) is 0.759. The predicted octanol–water partition coefficient (Wildman–Crippen LogP) is 1.55. The highest BCUT2D eigenvalue weighted by Gasteiger charge is 2.42. The third-order valence-electron chi connectivity index (χ3n) is 5.27. The van der Waals surface area contributed by atoms with Crippen molar-refractivity contribution in [3.63, 3.8) is 0 Å². The maximum Gasteiger partial charge on any atom is 0.251 e. The molecule has 5 heteroatoms. The Hall–Kier alpha value is -1.43. The van der Waals surface area contributed by atoms with Gasteiger partial charge in [-0.1, -0.05) is 12.1 Å². The van der Waals surface area contributed by atoms with Crippen molar-refractivity contribution in [2.24, 2.45) is 5.41 Å². The van der Waals surface area contributed by atoms with Crippen LogP contribution in [-0.4, -0.2) is 54.4 Å². The molecule has 0 aromatic heterocycles. The van der Waals surface area contributed by atoms with Crippen LogP contribution in [0.1, 0.15) is 41.6 Å². The fourth-order valence-electron chi connectivity index (χ4n) is 3.30. The Morgan fingerprint density at radius 3 is 2.42 bits per heavy atom. The summed E-state index contributed by atoms with van der Waals surface area (Å²) < 4.78 is 5.33. The number of aliphatic hydroxyl groups is 1. The zero-order valence-corrected chi connectivity index (χ0v) is 14.0. The lowest BCUT2D eigenvalue weighted by Gasteiger charge is -2.43. The van der Waals surface area contributed by atoms with E-state index in [1.807, 2.05) is 12.1 Å². The standard InChI is InChI=1S/C19H26N2O3/c22-11-19(12-24-13-19)10-21(17-7-8-17)9-14-1-3-15(4-2-14)18(23)20-16-5-6-16/h1-4,16-17,22H,5-13H2,(H,20,23). The molecule has 2 saturated carbocycles. The largest absolute Gasteiger partial charge is 0.396 e. The molecule has 0 spiro atoms. The Bertz CT molecular complexity index is 584. The second-order valence-electron chi connectivity index (χ2n) is 7.73. The first kappa shape index (κ1) is 16.1. The van der Waals surface area contributed by atoms with Gasteiger partial charge in [0.25, 0.3) is 5.91 Å². The zero-order chi connectivity index (χ0) is 16.6. The van der Waals surface area contributed by atoms with E-state index in [0.29, 0.717) is 25.3 Å². The van der Waals surface area contributed by atoms with E-state index in [0.717, 1.165) is 31.5 Å². The van der Waals surface area contributed by atoms with Gasteiger partial charge >= 0.3 is 0 Å². The minimum absolute atomic E-state index is 0.0361. The molecule has 3 fully saturated rings. The number of amides is 1. The predicted molar refractivity (Wildman–Crippen MR) is 90.7 cm³/mol. The van der Waals surface area contributed by atoms with E-state index in [9.17, 15) is 9.90 Å². The molecule has 24 heavy (non-hydrogen) atoms. The van der Waals surface area contributed by atoms with Crippen LogP contribution < -0.4 is 5.32 Å². The lowest BCUT2D eigenvalue weighted by atomic mass is 9.86. The number of aliphatic hydroxyl groups excluding tert-OH is 1. The number of benzene rings is 1. The Kier molecular flexibility index (Phi) is 4.33. The van der Waals surface area contributed by atoms with Crippen molar-refractivity contribution in [3.8, 4) is 0 Å². The normalized spacial score (nSPS) is 22.2. The maximum atomic E-state index is 12.1. The van der Waals surface area contributed by atoms with Crippen LogP contribution in [-0.2, 0) is 11.3 Å². The monoisotopic (exact) mass is 330 g/mol. The molecule has 3 aliphatic rings. The molecule has 130 valence electrons. The SMILES string of the molecule is O=C(NC1CC1)c1ccc(CN(CC2(CO)COC2)C2CC2)cc1. The van der Waals surface area contributed by atoms with Crippen LogP contribution in [0.5, 0.6) is 0 Å². The van der Waals surface area contributed by atoms with E-state index >= 15 is 0 Å². The van der Waals surface area contributed by atoms with Gasteiger partial charge in [0.05, 0.1) is 25.2 Å². The van der Waals surface area contributed by atoms with Crippen molar-refractivity contribution in [1.82, 2.24) is 10.2 Å². The van der Waals surface area contributed by atoms with Crippen LogP contribution in [0.4, 0.5) is 0 Å². The average Bonchev–Trinajstić information content (AvgIpc) is 3.44. The fourth-order valence-corrected chi connectivity index (χ4v) is 3.30. The Balaban J connectivity index is 1.38. The van der Waals surface area contributed by atoms with Gasteiger partial charge in [0, 0.05) is 30.7 Å². The third kappa shape index (κ3) is 3.63. The first-order chi connectivity index (χ1) is 11.7. The smallest absolute Gasteiger partial charge is 0.251 e. The molecule has 2 aliphatic carbocycles. The van der Waals surface area contributed by atoms with Gasteiger partial charge in [-0.2, -0.15) is 0 Å². The summed E-state index contributed by atoms with van der Waals surface area (Å²) in [7, 11) is 0. The van der Waals surface area contributed by atoms with E-state index in [1.54, 1.807) is 0 Å². The van der Waals surface area contributed by atoms with Crippen LogP contribution in [0.15, 0.2) is 24.3 Å². The summed E-state index contributed by atoms with van der Waals surface area (Å²) in [6.07, 6.45) is 4.70. The molecule has 0 unspecified atom stereocenters. The number of rotatable bonds is 8. The van der Waals surface area contributed by atoms with E-state index in [-0.39, 0.29) is 17.9 Å². The summed E-state index contributed by atoms with van der Waals surface area (Å²) in [6, 6.07) is 8.98. The lowest BCUT2D eigenvalue weighted by Crippen LogP contribution is -2.53. The summed E-state index contributed by atoms with van der Waals surface area (Å²) in [5.74, 6) is 0.0361. The number of ether oxygens (including phenoxy) is 1. The molecule has 4 rings (SSSR count). The summed E-state index contributed by atoms with van der Waals surface area (Å²) in [4.78, 5) is 14.5. The molecule has 0 radical (unpaired) electrons. The van der Waals surface area contributed by atoms with Gasteiger partial charge in [-0.15, -0.1) is 0 Å². The van der Waals surface area contributed by atoms with Crippen LogP contribution in [0, 0.1) is 5.41 Å². The van der Waals surface area contributed by atoms with E-state index in [4.69, 9.17) is 4.74 Å². The van der Waals surface area contributed by atoms with Crippen LogP contribution >= 0.6 is 0 Å². The Labute approximate surface area is 143 Å². The molecular weight excluding hydrogens is 304 g/mol. The molecule has 1 amide bonds. The summed E-state index contributed by atoms with van der Waals surface area (Å²) in [6.45, 7) is 3.27. The van der Waals surface area contributed by atoms with Crippen molar-refractivity contribution in [2.45, 2.75) is 44.3 Å². The molecule has 1 saturated heterocycles. The number of carbonyl (C=O) groups excluding carboxylic acids is 1. The van der Waals surface area contributed by atoms with Crippen molar-refractivity contribution in [3.05, 3.63) is 35.4 Å². The topological polar surface area (TPSA) is 61.8 Å². The molecule has 1 heterocycles. The highest BCUT2D eigenvalue weighted by atomic mass is 16.5. The number of nitrogens with zero attached hydrogens (tertiary/aromatic N) is 1. The minimum atomic E-state index is -0.0767. The van der Waals surface area contributed by atoms with Crippen molar-refractivity contribution < 1.29 is 14.6 Å². The van der Waals surface area contributed by atoms with Gasteiger partial charge in [-0.25, -0.2) is 0 Å². The molecular formula is C19H26N2O3. The van der Waals surface area contributed by atoms with Crippen molar-refractivity contribution in [2.75, 3.05) is 26.4 Å². The summed E-state index contributed by atoms with van der Waals surface area (Å²) in [5, 5.41) is 12.7. The third-order valence-corrected chi connectivity index (χ3v) is 5.27. The van der Waals surface area contributed by atoms with Crippen LogP contribution in [0.25, 0.3) is 0 Å². The van der Waals surface area contributed by atoms with Gasteiger partial charge in [0.15, 0.2) is 0 Å². The molecule has 5 nitrogen and oxygen atoms in total. The zero-order valence-electron chi connectivity index (χ0n) is 14.0. The molecule has 1 aliphatic heterocycles. The van der Waals surface area contributed by atoms with Gasteiger partial charge in [0.2, 0.25) is 0 Å². The number of hydrogen-bond donors (Lipinski definition) is 2. The van der Waals surface area contributed by atoms with E-state index in [1.165, 1.54) is 18.4 Å². The van der Waals surface area contributed by atoms with Crippen LogP contribution in [0.2, 0.25) is 0 Å². The molecule has 0 bridgehead atoms. The van der Waals surface area contributed by atoms with E-state index in [2.05, 4.69) is 22.3 Å². The number of hydrogen-bond acceptors (Lipinski definition) is 4. The summed E-state index contributed by atoms with van der Waals surface area (Å²) in [5.41, 5.74) is 1.88. The molecule has 2 N–H and O–H groups in total. The lowest BCUT2D eigenvalue weighted by molar-refractivity contribution is -0.150. The van der Waals surface area contributed by atoms with Crippen molar-refractivity contribution >= 4 is 5.91 Å². The summed E-state index contributed by atoms with van der Waals surface area (Å²) >= 11 is 0. The highest BCUT2D eigenvalue weighted by Crippen LogP contribution is 2.35. The number of nitrogens with one attached hydrogen (secondary N) is 1. The van der Waals surface area contributed by atoms with E-state index < -0.39 is 0 Å². The first-order valence-corrected chi connectivity index (χ1v) is 9.00. The van der Waals surface area contributed by atoms with Crippen molar-refractivity contribution in [1.29, 1.82) is 0 Å². The highest BCUT2D eigenvalue weighted by molar-refractivity contribution is 5.94. The Morgan fingerprint density at radius 2 is 1.92 bits per heavy atom. The fraction of sp³-hybridized carbons (Fsp3) is 0.632. The number of carbonyl (C=O) groups is 1. The Morgan fingerprint density at radius 1 is 1.21 bits per heavy atom. The van der Waals surface area contributed by atoms with Gasteiger partial charge in [-0.3, -0.25) is 9.69 Å². The second-order valence-corrected chi connectivity index (χ2v) is 7.73. The van der Waals surface area contributed by atoms with Gasteiger partial charge < -0.3 is 15.2 Å². The molecule has 1 aromatic rings. The van der Waals surface area contributed by atoms with Gasteiger partial charge in [0.1, 0.15) is 0 Å². The molecule has 1 aromatic carbocycles. The molecule has 0 atom stereocenters. The second kappa shape index (κ2) is 6.47. The average molecular weight is 330 g/mol. The maximum absolute atomic E-state index is 12.1. The minimum Gasteiger partial charge on any atom is -0.396 e.